The molecule has 0 saturated heterocycles. The molecule has 6 nitrogen and oxygen atoms in total. The second-order valence-corrected chi connectivity index (χ2v) is 6.66. The first-order chi connectivity index (χ1) is 14.2. The number of carbonyl (C=O) groups excluding carboxylic acids is 1. The molecule has 1 N–H and O–H groups in total. The van der Waals surface area contributed by atoms with Crippen molar-refractivity contribution in [1.29, 1.82) is 0 Å². The first kappa shape index (κ1) is 20.5. The predicted molar refractivity (Wildman–Crippen MR) is 113 cm³/mol. The minimum Gasteiger partial charge on any atom is -0.493 e. The van der Waals surface area contributed by atoms with Crippen LogP contribution in [0.3, 0.4) is 0 Å². The summed E-state index contributed by atoms with van der Waals surface area (Å²) in [4.78, 5) is 12.5. The fourth-order valence-electron chi connectivity index (χ4n) is 2.88. The number of unbranched alkanes of at least 4 members (excludes halogenated alkanes) is 1. The lowest BCUT2D eigenvalue weighted by molar-refractivity contribution is 0.0953. The zero-order valence-corrected chi connectivity index (χ0v) is 16.9. The van der Waals surface area contributed by atoms with Gasteiger partial charge in [-0.2, -0.15) is 5.10 Å². The molecule has 0 aliphatic rings. The monoisotopic (exact) mass is 393 g/mol. The maximum atomic E-state index is 12.5. The van der Waals surface area contributed by atoms with Gasteiger partial charge in [0.15, 0.2) is 11.5 Å². The number of hydrogen-bond donors (Lipinski definition) is 1. The number of methoxy groups -OCH3 is 1. The quantitative estimate of drug-likeness (QED) is 0.528. The zero-order chi connectivity index (χ0) is 20.5. The number of aromatic nitrogens is 2. The van der Waals surface area contributed by atoms with Crippen LogP contribution in [0, 0.1) is 0 Å². The molecule has 0 aliphatic heterocycles. The number of rotatable bonds is 10. The van der Waals surface area contributed by atoms with Crippen LogP contribution in [-0.2, 0) is 6.42 Å². The van der Waals surface area contributed by atoms with E-state index in [9.17, 15) is 4.79 Å². The van der Waals surface area contributed by atoms with Crippen LogP contribution in [0.5, 0.6) is 11.5 Å². The standard InChI is InChI=1S/C23H27N3O3/c1-3-4-16-29-21-11-10-18(17-22(21)28-2)23(27)24-14-12-19-13-15-26(25-19)20-8-6-5-7-9-20/h5-11,13,15,17H,3-4,12,14,16H2,1-2H3,(H,24,27). The van der Waals surface area contributed by atoms with Crippen LogP contribution < -0.4 is 14.8 Å². The summed E-state index contributed by atoms with van der Waals surface area (Å²) in [7, 11) is 1.58. The summed E-state index contributed by atoms with van der Waals surface area (Å²) >= 11 is 0. The molecule has 1 heterocycles. The Kier molecular flexibility index (Phi) is 7.28. The van der Waals surface area contributed by atoms with Gasteiger partial charge in [0.05, 0.1) is 25.1 Å². The number of nitrogens with zero attached hydrogens (tertiary/aromatic N) is 2. The van der Waals surface area contributed by atoms with Crippen molar-refractivity contribution in [3.63, 3.8) is 0 Å². The molecule has 29 heavy (non-hydrogen) atoms. The highest BCUT2D eigenvalue weighted by Crippen LogP contribution is 2.28. The Morgan fingerprint density at radius 1 is 1.10 bits per heavy atom. The van der Waals surface area contributed by atoms with Crippen LogP contribution in [0.1, 0.15) is 35.8 Å². The van der Waals surface area contributed by atoms with E-state index in [-0.39, 0.29) is 5.91 Å². The van der Waals surface area contributed by atoms with Crippen LogP contribution in [0.2, 0.25) is 0 Å². The minimum absolute atomic E-state index is 0.147. The smallest absolute Gasteiger partial charge is 0.251 e. The molecule has 0 unspecified atom stereocenters. The predicted octanol–water partition coefficient (Wildman–Crippen LogP) is 4.03. The summed E-state index contributed by atoms with van der Waals surface area (Å²) in [6.07, 6.45) is 4.62. The molecule has 0 aliphatic carbocycles. The second-order valence-electron chi connectivity index (χ2n) is 6.66. The van der Waals surface area contributed by atoms with Crippen molar-refractivity contribution in [2.24, 2.45) is 0 Å². The Morgan fingerprint density at radius 3 is 2.69 bits per heavy atom. The van der Waals surface area contributed by atoms with Gasteiger partial charge >= 0.3 is 0 Å². The van der Waals surface area contributed by atoms with E-state index in [4.69, 9.17) is 9.47 Å². The van der Waals surface area contributed by atoms with Crippen molar-refractivity contribution in [3.05, 3.63) is 72.1 Å². The van der Waals surface area contributed by atoms with Crippen molar-refractivity contribution in [2.75, 3.05) is 20.3 Å². The van der Waals surface area contributed by atoms with E-state index < -0.39 is 0 Å². The number of benzene rings is 2. The Bertz CT molecular complexity index is 922. The van der Waals surface area contributed by atoms with E-state index in [1.165, 1.54) is 0 Å². The van der Waals surface area contributed by atoms with Gasteiger partial charge in [-0.25, -0.2) is 4.68 Å². The molecule has 0 bridgehead atoms. The van der Waals surface area contributed by atoms with Crippen molar-refractivity contribution >= 4 is 5.91 Å². The van der Waals surface area contributed by atoms with Gasteiger partial charge in [0.2, 0.25) is 0 Å². The summed E-state index contributed by atoms with van der Waals surface area (Å²) in [5.41, 5.74) is 2.47. The zero-order valence-electron chi connectivity index (χ0n) is 16.9. The van der Waals surface area contributed by atoms with Gasteiger partial charge in [-0.05, 0) is 42.8 Å². The first-order valence-corrected chi connectivity index (χ1v) is 9.90. The van der Waals surface area contributed by atoms with Gasteiger partial charge in [-0.3, -0.25) is 4.79 Å². The van der Waals surface area contributed by atoms with Crippen molar-refractivity contribution < 1.29 is 14.3 Å². The summed E-state index contributed by atoms with van der Waals surface area (Å²) in [6.45, 7) is 3.25. The molecule has 152 valence electrons. The lowest BCUT2D eigenvalue weighted by Crippen LogP contribution is -2.25. The normalized spacial score (nSPS) is 10.6. The topological polar surface area (TPSA) is 65.4 Å². The van der Waals surface area contributed by atoms with Crippen molar-refractivity contribution in [3.8, 4) is 17.2 Å². The summed E-state index contributed by atoms with van der Waals surface area (Å²) in [6, 6.07) is 17.1. The third-order valence-electron chi connectivity index (χ3n) is 4.51. The minimum atomic E-state index is -0.147. The molecule has 0 atom stereocenters. The van der Waals surface area contributed by atoms with E-state index >= 15 is 0 Å². The SMILES string of the molecule is CCCCOc1ccc(C(=O)NCCc2ccn(-c3ccccc3)n2)cc1OC. The highest BCUT2D eigenvalue weighted by Gasteiger charge is 2.11. The Hall–Kier alpha value is -3.28. The molecule has 0 saturated carbocycles. The average molecular weight is 393 g/mol. The van der Waals surface area contributed by atoms with E-state index in [2.05, 4.69) is 17.3 Å². The van der Waals surface area contributed by atoms with Crippen molar-refractivity contribution in [1.82, 2.24) is 15.1 Å². The summed E-state index contributed by atoms with van der Waals surface area (Å²) in [5, 5.41) is 7.49. The lowest BCUT2D eigenvalue weighted by atomic mass is 10.2. The maximum absolute atomic E-state index is 12.5. The number of ether oxygens (including phenoxy) is 2. The van der Waals surface area contributed by atoms with Crippen molar-refractivity contribution in [2.45, 2.75) is 26.2 Å². The van der Waals surface area contributed by atoms with Gasteiger partial charge in [-0.1, -0.05) is 31.5 Å². The van der Waals surface area contributed by atoms with Gasteiger partial charge in [0.25, 0.3) is 5.91 Å². The molecular formula is C23H27N3O3. The lowest BCUT2D eigenvalue weighted by Gasteiger charge is -2.12. The van der Waals surface area contributed by atoms with Gasteiger partial charge in [0, 0.05) is 24.7 Å². The van der Waals surface area contributed by atoms with Crippen LogP contribution in [-0.4, -0.2) is 35.9 Å². The van der Waals surface area contributed by atoms with E-state index in [1.54, 1.807) is 25.3 Å². The van der Waals surface area contributed by atoms with Crippen LogP contribution in [0.15, 0.2) is 60.8 Å². The number of hydrogen-bond acceptors (Lipinski definition) is 4. The Balaban J connectivity index is 1.53. The number of para-hydroxylation sites is 1. The van der Waals surface area contributed by atoms with Gasteiger partial charge in [0.1, 0.15) is 0 Å². The fourth-order valence-corrected chi connectivity index (χ4v) is 2.88. The van der Waals surface area contributed by atoms with Crippen LogP contribution >= 0.6 is 0 Å². The first-order valence-electron chi connectivity index (χ1n) is 9.90. The van der Waals surface area contributed by atoms with E-state index in [1.807, 2.05) is 47.3 Å². The van der Waals surface area contributed by atoms with E-state index in [0.29, 0.717) is 36.6 Å². The van der Waals surface area contributed by atoms with E-state index in [0.717, 1.165) is 24.2 Å². The third kappa shape index (κ3) is 5.60. The Labute approximate surface area is 171 Å². The number of nitrogens with one attached hydrogen (secondary N) is 1. The highest BCUT2D eigenvalue weighted by atomic mass is 16.5. The summed E-state index contributed by atoms with van der Waals surface area (Å²) in [5.74, 6) is 1.07. The summed E-state index contributed by atoms with van der Waals surface area (Å²) < 4.78 is 12.9. The number of amides is 1. The molecule has 3 rings (SSSR count). The molecule has 6 heteroatoms. The molecule has 2 aromatic carbocycles. The molecule has 3 aromatic rings. The fraction of sp³-hybridized carbons (Fsp3) is 0.304. The average Bonchev–Trinajstić information content (AvgIpc) is 3.23. The molecular weight excluding hydrogens is 366 g/mol. The third-order valence-corrected chi connectivity index (χ3v) is 4.51. The van der Waals surface area contributed by atoms with Gasteiger partial charge < -0.3 is 14.8 Å². The molecule has 1 amide bonds. The Morgan fingerprint density at radius 2 is 1.93 bits per heavy atom. The van der Waals surface area contributed by atoms with Crippen LogP contribution in [0.25, 0.3) is 5.69 Å². The van der Waals surface area contributed by atoms with Gasteiger partial charge in [-0.15, -0.1) is 0 Å². The molecule has 0 spiro atoms. The molecule has 0 radical (unpaired) electrons. The van der Waals surface area contributed by atoms with Crippen LogP contribution in [0.4, 0.5) is 0 Å². The second kappa shape index (κ2) is 10.3. The maximum Gasteiger partial charge on any atom is 0.251 e. The molecule has 1 aromatic heterocycles. The largest absolute Gasteiger partial charge is 0.493 e. The molecule has 0 fully saturated rings. The highest BCUT2D eigenvalue weighted by molar-refractivity contribution is 5.94. The number of carbonyl (C=O) groups is 1.